The third kappa shape index (κ3) is 4.87. The van der Waals surface area contributed by atoms with Crippen LogP contribution in [-0.2, 0) is 16.9 Å². The van der Waals surface area contributed by atoms with Crippen LogP contribution in [0, 0.1) is 25.5 Å². The van der Waals surface area contributed by atoms with Gasteiger partial charge in [-0.15, -0.1) is 0 Å². The molecule has 8 nitrogen and oxygen atoms in total. The van der Waals surface area contributed by atoms with E-state index in [-0.39, 0.29) is 5.75 Å². The van der Waals surface area contributed by atoms with Crippen LogP contribution in [0.4, 0.5) is 8.78 Å². The molecule has 0 spiro atoms. The molecule has 0 aliphatic heterocycles. The molecule has 0 bridgehead atoms. The fraction of sp³-hybridized carbons (Fsp3) is 0.280. The zero-order valence-electron chi connectivity index (χ0n) is 22.1. The molecule has 0 saturated heterocycles. The van der Waals surface area contributed by atoms with Gasteiger partial charge >= 0.3 is 0 Å². The highest BCUT2D eigenvalue weighted by Crippen LogP contribution is 2.27. The second kappa shape index (κ2) is 9.79. The normalized spacial score (nSPS) is 12.9. The molecular formula is C25H24ClF2N5O3. The van der Waals surface area contributed by atoms with Gasteiger partial charge in [0.1, 0.15) is 34.4 Å². The Balaban J connectivity index is 1.75. The lowest BCUT2D eigenvalue weighted by Gasteiger charge is -2.20. The summed E-state index contributed by atoms with van der Waals surface area (Å²) in [6.45, 7) is 4.28. The maximum atomic E-state index is 14.2. The fourth-order valence-electron chi connectivity index (χ4n) is 3.39. The molecule has 4 aromatic rings. The van der Waals surface area contributed by atoms with Gasteiger partial charge in [-0.3, -0.25) is 14.3 Å². The summed E-state index contributed by atoms with van der Waals surface area (Å²) in [5.41, 5.74) is 0.0355. The van der Waals surface area contributed by atoms with Gasteiger partial charge in [0.15, 0.2) is 11.6 Å². The Morgan fingerprint density at radius 2 is 1.92 bits per heavy atom. The number of aromatic nitrogens is 5. The first-order chi connectivity index (χ1) is 17.7. The van der Waals surface area contributed by atoms with Crippen molar-refractivity contribution in [3.8, 4) is 17.3 Å². The predicted octanol–water partition coefficient (Wildman–Crippen LogP) is 4.82. The van der Waals surface area contributed by atoms with Crippen molar-refractivity contribution < 1.29 is 21.0 Å². The van der Waals surface area contributed by atoms with Gasteiger partial charge in [0.25, 0.3) is 5.56 Å². The standard InChI is InChI=1S/C25H24ClF2N5O3/c1-14-11-30-22(32-7-6-21(31-32)25(3,4)35-5)10-19(14)33-15(2)8-20(23(26)24(33)34)36-13-18-17(28)9-16(27)12-29-18/h6-12H,13H2,1-5H3/i13D2. The highest BCUT2D eigenvalue weighted by molar-refractivity contribution is 6.31. The molecule has 4 aromatic heterocycles. The lowest BCUT2D eigenvalue weighted by molar-refractivity contribution is 0.0152. The van der Waals surface area contributed by atoms with Crippen LogP contribution in [0.25, 0.3) is 11.5 Å². The Morgan fingerprint density at radius 3 is 2.61 bits per heavy atom. The van der Waals surface area contributed by atoms with Crippen LogP contribution in [0.2, 0.25) is 5.02 Å². The SMILES string of the molecule is [2H]C([2H])(Oc1cc(C)n(-c2cc(-n3ccc(C(C)(C)OC)n3)ncc2C)c(=O)c1Cl)c1ncc(F)cc1F. The third-order valence-electron chi connectivity index (χ3n) is 5.62. The third-order valence-corrected chi connectivity index (χ3v) is 5.97. The Labute approximate surface area is 213 Å². The molecule has 0 saturated carbocycles. The van der Waals surface area contributed by atoms with Gasteiger partial charge in [-0.05, 0) is 39.3 Å². The molecule has 0 amide bonds. The average molecular weight is 518 g/mol. The first-order valence-electron chi connectivity index (χ1n) is 11.8. The maximum Gasteiger partial charge on any atom is 0.277 e. The van der Waals surface area contributed by atoms with Crippen molar-refractivity contribution in [3.05, 3.63) is 92.5 Å². The number of methoxy groups -OCH3 is 1. The van der Waals surface area contributed by atoms with E-state index in [1.54, 1.807) is 50.2 Å². The van der Waals surface area contributed by atoms with Gasteiger partial charge in [-0.2, -0.15) is 5.10 Å². The molecule has 36 heavy (non-hydrogen) atoms. The zero-order valence-corrected chi connectivity index (χ0v) is 20.9. The average Bonchev–Trinajstić information content (AvgIpc) is 3.34. The molecule has 0 atom stereocenters. The molecule has 188 valence electrons. The topological polar surface area (TPSA) is 84.1 Å². The lowest BCUT2D eigenvalue weighted by atomic mass is 10.1. The van der Waals surface area contributed by atoms with Gasteiger partial charge < -0.3 is 9.47 Å². The first-order valence-corrected chi connectivity index (χ1v) is 11.1. The molecule has 0 unspecified atom stereocenters. The Morgan fingerprint density at radius 1 is 1.17 bits per heavy atom. The Kier molecular flexibility index (Phi) is 6.20. The molecule has 11 heteroatoms. The van der Waals surface area contributed by atoms with Crippen molar-refractivity contribution in [2.24, 2.45) is 0 Å². The van der Waals surface area contributed by atoms with Crippen LogP contribution in [0.15, 0.2) is 47.7 Å². The molecule has 0 aliphatic rings. The van der Waals surface area contributed by atoms with Gasteiger partial charge in [0.2, 0.25) is 0 Å². The molecular weight excluding hydrogens is 492 g/mol. The van der Waals surface area contributed by atoms with Crippen molar-refractivity contribution in [1.29, 1.82) is 0 Å². The monoisotopic (exact) mass is 517 g/mol. The number of nitrogens with zero attached hydrogens (tertiary/aromatic N) is 5. The largest absolute Gasteiger partial charge is 0.485 e. The molecule has 0 aliphatic carbocycles. The summed E-state index contributed by atoms with van der Waals surface area (Å²) in [5, 5.41) is 4.10. The van der Waals surface area contributed by atoms with Crippen LogP contribution in [0.3, 0.4) is 0 Å². The fourth-order valence-corrected chi connectivity index (χ4v) is 3.57. The number of rotatable bonds is 7. The van der Waals surface area contributed by atoms with Crippen molar-refractivity contribution in [1.82, 2.24) is 24.3 Å². The van der Waals surface area contributed by atoms with E-state index in [9.17, 15) is 13.6 Å². The first kappa shape index (κ1) is 22.8. The summed E-state index contributed by atoms with van der Waals surface area (Å²) in [6.07, 6.45) is 3.97. The van der Waals surface area contributed by atoms with E-state index in [2.05, 4.69) is 15.1 Å². The van der Waals surface area contributed by atoms with Gasteiger partial charge in [0, 0.05) is 43.4 Å². The summed E-state index contributed by atoms with van der Waals surface area (Å²) in [4.78, 5) is 21.2. The summed E-state index contributed by atoms with van der Waals surface area (Å²) in [7, 11) is 1.59. The minimum absolute atomic E-state index is 0.327. The second-order valence-corrected chi connectivity index (χ2v) is 8.86. The molecule has 0 N–H and O–H groups in total. The lowest BCUT2D eigenvalue weighted by Crippen LogP contribution is -2.23. The molecule has 0 fully saturated rings. The summed E-state index contributed by atoms with van der Waals surface area (Å²) in [6, 6.07) is 5.29. The maximum absolute atomic E-state index is 14.2. The minimum Gasteiger partial charge on any atom is -0.485 e. The molecule has 4 rings (SSSR count). The van der Waals surface area contributed by atoms with E-state index >= 15 is 0 Å². The number of hydrogen-bond donors (Lipinski definition) is 0. The van der Waals surface area contributed by atoms with E-state index < -0.39 is 40.1 Å². The summed E-state index contributed by atoms with van der Waals surface area (Å²) >= 11 is 6.31. The predicted molar refractivity (Wildman–Crippen MR) is 130 cm³/mol. The summed E-state index contributed by atoms with van der Waals surface area (Å²) < 4.78 is 57.3. The van der Waals surface area contributed by atoms with Crippen LogP contribution >= 0.6 is 11.6 Å². The molecule has 4 heterocycles. The zero-order chi connectivity index (χ0) is 28.0. The van der Waals surface area contributed by atoms with Crippen molar-refractivity contribution >= 4 is 11.6 Å². The van der Waals surface area contributed by atoms with E-state index in [1.807, 2.05) is 13.8 Å². The van der Waals surface area contributed by atoms with Crippen molar-refractivity contribution in [2.75, 3.05) is 7.11 Å². The number of halogens is 3. The summed E-state index contributed by atoms with van der Waals surface area (Å²) in [5.74, 6) is -2.11. The highest BCUT2D eigenvalue weighted by atomic mass is 35.5. The van der Waals surface area contributed by atoms with Gasteiger partial charge in [-0.1, -0.05) is 11.6 Å². The van der Waals surface area contributed by atoms with Crippen molar-refractivity contribution in [3.63, 3.8) is 0 Å². The number of hydrogen-bond acceptors (Lipinski definition) is 6. The van der Waals surface area contributed by atoms with Gasteiger partial charge in [-0.25, -0.2) is 18.4 Å². The smallest absolute Gasteiger partial charge is 0.277 e. The van der Waals surface area contributed by atoms with Crippen molar-refractivity contribution in [2.45, 2.75) is 39.9 Å². The minimum atomic E-state index is -2.85. The van der Waals surface area contributed by atoms with E-state index in [4.69, 9.17) is 23.8 Å². The van der Waals surface area contributed by atoms with Crippen LogP contribution in [0.1, 0.15) is 39.2 Å². The number of pyridine rings is 3. The molecule has 0 aromatic carbocycles. The number of ether oxygens (including phenoxy) is 2. The van der Waals surface area contributed by atoms with E-state index in [0.29, 0.717) is 40.7 Å². The van der Waals surface area contributed by atoms with Crippen LogP contribution in [-0.4, -0.2) is 31.4 Å². The van der Waals surface area contributed by atoms with E-state index in [0.717, 1.165) is 0 Å². The number of aryl methyl sites for hydroxylation is 2. The van der Waals surface area contributed by atoms with Gasteiger partial charge in [0.05, 0.1) is 20.3 Å². The van der Waals surface area contributed by atoms with E-state index in [1.165, 1.54) is 10.6 Å². The second-order valence-electron chi connectivity index (χ2n) is 8.48. The Hall–Kier alpha value is -3.63. The van der Waals surface area contributed by atoms with Crippen LogP contribution in [0.5, 0.6) is 5.75 Å². The Bertz CT molecular complexity index is 1590. The molecule has 0 radical (unpaired) electrons. The quantitative estimate of drug-likeness (QED) is 0.349. The van der Waals surface area contributed by atoms with Crippen LogP contribution < -0.4 is 10.3 Å². The highest BCUT2D eigenvalue weighted by Gasteiger charge is 2.23.